The first kappa shape index (κ1) is 8.10. The Kier molecular flexibility index (Phi) is 2.08. The number of ether oxygens (including phenoxy) is 1. The summed E-state index contributed by atoms with van der Waals surface area (Å²) in [5, 5.41) is 0. The molecule has 0 atom stereocenters. The van der Waals surface area contributed by atoms with Gasteiger partial charge in [0.1, 0.15) is 11.6 Å². The Morgan fingerprint density at radius 1 is 1.58 bits per heavy atom. The molecule has 0 aliphatic heterocycles. The molecular weight excluding hydrogens is 267 g/mol. The largest absolute Gasteiger partial charge is 0.489 e. The summed E-state index contributed by atoms with van der Waals surface area (Å²) in [5.41, 5.74) is 5.53. The van der Waals surface area contributed by atoms with Crippen LogP contribution in [0.3, 0.4) is 0 Å². The SMILES string of the molecule is Nc1cc(OC2CC2)c(I)cn1. The van der Waals surface area contributed by atoms with E-state index in [1.165, 1.54) is 0 Å². The van der Waals surface area contributed by atoms with Gasteiger partial charge in [0.15, 0.2) is 0 Å². The fraction of sp³-hybridized carbons (Fsp3) is 0.375. The summed E-state index contributed by atoms with van der Waals surface area (Å²) in [7, 11) is 0. The van der Waals surface area contributed by atoms with Crippen molar-refractivity contribution in [1.29, 1.82) is 0 Å². The maximum Gasteiger partial charge on any atom is 0.138 e. The van der Waals surface area contributed by atoms with Crippen molar-refractivity contribution in [3.05, 3.63) is 15.8 Å². The van der Waals surface area contributed by atoms with Gasteiger partial charge in [0, 0.05) is 12.3 Å². The summed E-state index contributed by atoms with van der Waals surface area (Å²) < 4.78 is 6.63. The predicted octanol–water partition coefficient (Wildman–Crippen LogP) is 1.81. The van der Waals surface area contributed by atoms with Crippen molar-refractivity contribution in [2.24, 2.45) is 0 Å². The maximum absolute atomic E-state index is 5.61. The van der Waals surface area contributed by atoms with Crippen molar-refractivity contribution in [2.45, 2.75) is 18.9 Å². The monoisotopic (exact) mass is 276 g/mol. The van der Waals surface area contributed by atoms with Gasteiger partial charge >= 0.3 is 0 Å². The summed E-state index contributed by atoms with van der Waals surface area (Å²) in [6.45, 7) is 0. The highest BCUT2D eigenvalue weighted by Gasteiger charge is 2.24. The second kappa shape index (κ2) is 3.08. The highest BCUT2D eigenvalue weighted by atomic mass is 127. The Hall–Kier alpha value is -0.520. The molecule has 0 unspecified atom stereocenters. The summed E-state index contributed by atoms with van der Waals surface area (Å²) in [5.74, 6) is 1.39. The molecule has 2 rings (SSSR count). The van der Waals surface area contributed by atoms with Gasteiger partial charge in [0.2, 0.25) is 0 Å². The molecule has 4 heteroatoms. The molecule has 0 aromatic carbocycles. The highest BCUT2D eigenvalue weighted by molar-refractivity contribution is 14.1. The van der Waals surface area contributed by atoms with Crippen LogP contribution in [-0.4, -0.2) is 11.1 Å². The molecule has 12 heavy (non-hydrogen) atoms. The van der Waals surface area contributed by atoms with Gasteiger partial charge in [-0.3, -0.25) is 0 Å². The van der Waals surface area contributed by atoms with Crippen LogP contribution in [0.25, 0.3) is 0 Å². The number of halogens is 1. The number of hydrogen-bond donors (Lipinski definition) is 1. The van der Waals surface area contributed by atoms with E-state index in [0.717, 1.165) is 22.2 Å². The van der Waals surface area contributed by atoms with Crippen LogP contribution in [0.15, 0.2) is 12.3 Å². The Bertz CT molecular complexity index is 299. The minimum atomic E-state index is 0.417. The number of pyridine rings is 1. The summed E-state index contributed by atoms with van der Waals surface area (Å²) in [6.07, 6.45) is 4.48. The smallest absolute Gasteiger partial charge is 0.138 e. The minimum Gasteiger partial charge on any atom is -0.489 e. The predicted molar refractivity (Wildman–Crippen MR) is 55.0 cm³/mol. The van der Waals surface area contributed by atoms with Gasteiger partial charge in [-0.15, -0.1) is 0 Å². The third kappa shape index (κ3) is 1.80. The average molecular weight is 276 g/mol. The first-order valence-corrected chi connectivity index (χ1v) is 4.91. The number of aromatic nitrogens is 1. The van der Waals surface area contributed by atoms with Gasteiger partial charge in [-0.2, -0.15) is 0 Å². The van der Waals surface area contributed by atoms with E-state index in [0.29, 0.717) is 11.9 Å². The molecule has 1 aromatic heterocycles. The lowest BCUT2D eigenvalue weighted by atomic mass is 10.4. The van der Waals surface area contributed by atoms with E-state index in [2.05, 4.69) is 27.6 Å². The Labute approximate surface area is 84.5 Å². The first-order valence-electron chi connectivity index (χ1n) is 3.83. The third-order valence-corrected chi connectivity index (χ3v) is 2.47. The average Bonchev–Trinajstić information content (AvgIpc) is 2.81. The first-order chi connectivity index (χ1) is 5.75. The number of nitrogens with two attached hydrogens (primary N) is 1. The van der Waals surface area contributed by atoms with Gasteiger partial charge < -0.3 is 10.5 Å². The third-order valence-electron chi connectivity index (χ3n) is 1.66. The maximum atomic E-state index is 5.61. The van der Waals surface area contributed by atoms with Crippen LogP contribution in [0.2, 0.25) is 0 Å². The molecule has 1 saturated carbocycles. The van der Waals surface area contributed by atoms with E-state index in [-0.39, 0.29) is 0 Å². The Balaban J connectivity index is 2.21. The summed E-state index contributed by atoms with van der Waals surface area (Å²) >= 11 is 2.20. The zero-order valence-corrected chi connectivity index (χ0v) is 8.61. The normalized spacial score (nSPS) is 16.1. The topological polar surface area (TPSA) is 48.1 Å². The molecule has 0 spiro atoms. The fourth-order valence-corrected chi connectivity index (χ4v) is 1.31. The molecule has 64 valence electrons. The molecule has 1 aliphatic carbocycles. The highest BCUT2D eigenvalue weighted by Crippen LogP contribution is 2.30. The van der Waals surface area contributed by atoms with E-state index in [9.17, 15) is 0 Å². The molecule has 1 aromatic rings. The molecule has 1 aliphatic rings. The summed E-state index contributed by atoms with van der Waals surface area (Å²) in [6, 6.07) is 1.78. The molecule has 2 N–H and O–H groups in total. The van der Waals surface area contributed by atoms with Crippen LogP contribution < -0.4 is 10.5 Å². The van der Waals surface area contributed by atoms with E-state index >= 15 is 0 Å². The second-order valence-electron chi connectivity index (χ2n) is 2.86. The zero-order chi connectivity index (χ0) is 8.55. The van der Waals surface area contributed by atoms with Crippen molar-refractivity contribution in [3.63, 3.8) is 0 Å². The van der Waals surface area contributed by atoms with Crippen molar-refractivity contribution < 1.29 is 4.74 Å². The number of nitrogen functional groups attached to an aromatic ring is 1. The minimum absolute atomic E-state index is 0.417. The van der Waals surface area contributed by atoms with E-state index in [1.54, 1.807) is 12.3 Å². The van der Waals surface area contributed by atoms with Gasteiger partial charge in [0.25, 0.3) is 0 Å². The molecule has 3 nitrogen and oxygen atoms in total. The van der Waals surface area contributed by atoms with Crippen LogP contribution >= 0.6 is 22.6 Å². The van der Waals surface area contributed by atoms with E-state index < -0.39 is 0 Å². The fourth-order valence-electron chi connectivity index (χ4n) is 0.891. The van der Waals surface area contributed by atoms with Crippen molar-refractivity contribution in [2.75, 3.05) is 5.73 Å². The zero-order valence-electron chi connectivity index (χ0n) is 6.46. The van der Waals surface area contributed by atoms with Crippen LogP contribution in [-0.2, 0) is 0 Å². The van der Waals surface area contributed by atoms with Crippen LogP contribution in [0.5, 0.6) is 5.75 Å². The number of nitrogens with zero attached hydrogens (tertiary/aromatic N) is 1. The molecule has 1 fully saturated rings. The number of rotatable bonds is 2. The Morgan fingerprint density at radius 2 is 2.33 bits per heavy atom. The molecule has 1 heterocycles. The molecular formula is C8H9IN2O. The van der Waals surface area contributed by atoms with Crippen molar-refractivity contribution in [3.8, 4) is 5.75 Å². The van der Waals surface area contributed by atoms with Crippen LogP contribution in [0.4, 0.5) is 5.82 Å². The van der Waals surface area contributed by atoms with E-state index in [4.69, 9.17) is 10.5 Å². The van der Waals surface area contributed by atoms with Gasteiger partial charge in [-0.25, -0.2) is 4.98 Å². The van der Waals surface area contributed by atoms with Gasteiger partial charge in [-0.1, -0.05) is 0 Å². The van der Waals surface area contributed by atoms with Gasteiger partial charge in [-0.05, 0) is 35.4 Å². The Morgan fingerprint density at radius 3 is 3.00 bits per heavy atom. The number of anilines is 1. The lowest BCUT2D eigenvalue weighted by Crippen LogP contribution is -2.00. The molecule has 0 saturated heterocycles. The van der Waals surface area contributed by atoms with Crippen LogP contribution in [0.1, 0.15) is 12.8 Å². The van der Waals surface area contributed by atoms with Gasteiger partial charge in [0.05, 0.1) is 9.67 Å². The van der Waals surface area contributed by atoms with Crippen molar-refractivity contribution >= 4 is 28.4 Å². The van der Waals surface area contributed by atoms with E-state index in [1.807, 2.05) is 0 Å². The number of hydrogen-bond acceptors (Lipinski definition) is 3. The summed E-state index contributed by atoms with van der Waals surface area (Å²) in [4.78, 5) is 3.96. The van der Waals surface area contributed by atoms with Crippen LogP contribution in [0, 0.1) is 3.57 Å². The quantitative estimate of drug-likeness (QED) is 0.838. The molecule has 0 bridgehead atoms. The van der Waals surface area contributed by atoms with Crippen molar-refractivity contribution in [1.82, 2.24) is 4.98 Å². The molecule has 0 amide bonds. The lowest BCUT2D eigenvalue weighted by molar-refractivity contribution is 0.301. The standard InChI is InChI=1S/C8H9IN2O/c9-6-4-11-8(10)3-7(6)12-5-1-2-5/h3-5H,1-2H2,(H2,10,11). The second-order valence-corrected chi connectivity index (χ2v) is 4.02. The lowest BCUT2D eigenvalue weighted by Gasteiger charge is -2.06. The molecule has 0 radical (unpaired) electrons.